The van der Waals surface area contributed by atoms with Gasteiger partial charge in [0.25, 0.3) is 0 Å². The van der Waals surface area contributed by atoms with Gasteiger partial charge in [-0.1, -0.05) is 0 Å². The average Bonchev–Trinajstić information content (AvgIpc) is 2.12. The van der Waals surface area contributed by atoms with Crippen molar-refractivity contribution in [1.29, 1.82) is 0 Å². The molecule has 0 bridgehead atoms. The van der Waals surface area contributed by atoms with Crippen LogP contribution < -0.4 is 5.32 Å². The summed E-state index contributed by atoms with van der Waals surface area (Å²) in [6, 6.07) is 0.280. The molecule has 0 aromatic rings. The Morgan fingerprint density at radius 1 is 1.36 bits per heavy atom. The van der Waals surface area contributed by atoms with E-state index in [2.05, 4.69) is 17.3 Å². The van der Waals surface area contributed by atoms with E-state index >= 15 is 0 Å². The highest BCUT2D eigenvalue weighted by atomic mass is 16.5. The maximum absolute atomic E-state index is 11.7. The number of rotatable bonds is 2. The van der Waals surface area contributed by atoms with Crippen LogP contribution in [0.25, 0.3) is 0 Å². The van der Waals surface area contributed by atoms with Gasteiger partial charge in [-0.15, -0.1) is 0 Å². The topological polar surface area (TPSA) is 41.6 Å². The molecule has 0 unspecified atom stereocenters. The van der Waals surface area contributed by atoms with Crippen LogP contribution in [-0.2, 0) is 9.53 Å². The van der Waals surface area contributed by atoms with Crippen LogP contribution in [0.15, 0.2) is 0 Å². The second-order valence-corrected chi connectivity index (χ2v) is 4.32. The van der Waals surface area contributed by atoms with Crippen molar-refractivity contribution in [3.63, 3.8) is 0 Å². The summed E-state index contributed by atoms with van der Waals surface area (Å²) < 4.78 is 5.02. The molecule has 0 saturated carbocycles. The molecule has 0 radical (unpaired) electrons. The maximum Gasteiger partial charge on any atom is 0.223 e. The van der Waals surface area contributed by atoms with Crippen LogP contribution in [0.3, 0.4) is 0 Å². The molecule has 2 aliphatic rings. The number of carbonyl (C=O) groups excluding carboxylic acids is 1. The highest BCUT2D eigenvalue weighted by Gasteiger charge is 2.27. The Bertz CT molecular complexity index is 208. The van der Waals surface area contributed by atoms with E-state index in [1.807, 2.05) is 0 Å². The van der Waals surface area contributed by atoms with Gasteiger partial charge in [0.2, 0.25) is 5.91 Å². The number of likely N-dealkylation sites (tertiary alicyclic amines) is 1. The zero-order valence-corrected chi connectivity index (χ0v) is 8.66. The van der Waals surface area contributed by atoms with Crippen LogP contribution >= 0.6 is 0 Å². The van der Waals surface area contributed by atoms with Gasteiger partial charge in [-0.3, -0.25) is 4.79 Å². The standard InChI is InChI=1S/C10H18N2O2/c1-12-4-2-8(3-5-12)10(13)11-9-6-14-7-9/h8-9H,2-7H2,1H3,(H,11,13). The summed E-state index contributed by atoms with van der Waals surface area (Å²) in [4.78, 5) is 14.0. The van der Waals surface area contributed by atoms with Gasteiger partial charge in [0.15, 0.2) is 0 Å². The Morgan fingerprint density at radius 3 is 2.50 bits per heavy atom. The van der Waals surface area contributed by atoms with E-state index in [0.29, 0.717) is 13.2 Å². The minimum absolute atomic E-state index is 0.228. The molecule has 2 heterocycles. The van der Waals surface area contributed by atoms with Crippen molar-refractivity contribution in [2.45, 2.75) is 18.9 Å². The van der Waals surface area contributed by atoms with Crippen molar-refractivity contribution >= 4 is 5.91 Å². The molecule has 4 heteroatoms. The summed E-state index contributed by atoms with van der Waals surface area (Å²) in [7, 11) is 2.11. The molecule has 2 saturated heterocycles. The predicted octanol–water partition coefficient (Wildman–Crippen LogP) is -0.157. The van der Waals surface area contributed by atoms with Crippen LogP contribution in [0.2, 0.25) is 0 Å². The summed E-state index contributed by atoms with van der Waals surface area (Å²) in [5.74, 6) is 0.457. The molecule has 1 amide bonds. The maximum atomic E-state index is 11.7. The predicted molar refractivity (Wildman–Crippen MR) is 53.0 cm³/mol. The molecular weight excluding hydrogens is 180 g/mol. The highest BCUT2D eigenvalue weighted by Crippen LogP contribution is 2.16. The van der Waals surface area contributed by atoms with Crippen LogP contribution in [0.5, 0.6) is 0 Å². The molecule has 1 N–H and O–H groups in total. The third-order valence-corrected chi connectivity index (χ3v) is 3.07. The summed E-state index contributed by atoms with van der Waals surface area (Å²) >= 11 is 0. The first-order chi connectivity index (χ1) is 6.75. The molecular formula is C10H18N2O2. The first-order valence-electron chi connectivity index (χ1n) is 5.32. The third kappa shape index (κ3) is 2.25. The van der Waals surface area contributed by atoms with E-state index in [0.717, 1.165) is 25.9 Å². The molecule has 4 nitrogen and oxygen atoms in total. The normalized spacial score (nSPS) is 25.8. The molecule has 0 aromatic carbocycles. The fraction of sp³-hybridized carbons (Fsp3) is 0.900. The molecule has 0 aromatic heterocycles. The molecule has 80 valence electrons. The number of hydrogen-bond acceptors (Lipinski definition) is 3. The second kappa shape index (κ2) is 4.28. The third-order valence-electron chi connectivity index (χ3n) is 3.07. The zero-order chi connectivity index (χ0) is 9.97. The Kier molecular flexibility index (Phi) is 3.03. The summed E-state index contributed by atoms with van der Waals surface area (Å²) in [5.41, 5.74) is 0. The second-order valence-electron chi connectivity index (χ2n) is 4.32. The SMILES string of the molecule is CN1CCC(C(=O)NC2COC2)CC1. The van der Waals surface area contributed by atoms with E-state index in [9.17, 15) is 4.79 Å². The minimum atomic E-state index is 0.228. The number of piperidine rings is 1. The first-order valence-corrected chi connectivity index (χ1v) is 5.32. The largest absolute Gasteiger partial charge is 0.377 e. The fourth-order valence-corrected chi connectivity index (χ4v) is 1.91. The van der Waals surface area contributed by atoms with Crippen molar-refractivity contribution in [2.24, 2.45) is 5.92 Å². The summed E-state index contributed by atoms with van der Waals surface area (Å²) in [6.07, 6.45) is 1.99. The number of carbonyl (C=O) groups is 1. The molecule has 0 atom stereocenters. The monoisotopic (exact) mass is 198 g/mol. The quantitative estimate of drug-likeness (QED) is 0.670. The van der Waals surface area contributed by atoms with E-state index in [1.54, 1.807) is 0 Å². The lowest BCUT2D eigenvalue weighted by atomic mass is 9.96. The minimum Gasteiger partial charge on any atom is -0.377 e. The van der Waals surface area contributed by atoms with Crippen molar-refractivity contribution in [2.75, 3.05) is 33.4 Å². The first kappa shape index (κ1) is 9.93. The van der Waals surface area contributed by atoms with E-state index < -0.39 is 0 Å². The Morgan fingerprint density at radius 2 is 2.00 bits per heavy atom. The number of nitrogens with one attached hydrogen (secondary N) is 1. The fourth-order valence-electron chi connectivity index (χ4n) is 1.91. The van der Waals surface area contributed by atoms with Gasteiger partial charge in [0.1, 0.15) is 0 Å². The van der Waals surface area contributed by atoms with Crippen LogP contribution in [-0.4, -0.2) is 50.2 Å². The van der Waals surface area contributed by atoms with Gasteiger partial charge in [-0.05, 0) is 33.0 Å². The Balaban J connectivity index is 1.74. The smallest absolute Gasteiger partial charge is 0.223 e. The van der Waals surface area contributed by atoms with Gasteiger partial charge in [-0.2, -0.15) is 0 Å². The van der Waals surface area contributed by atoms with Crippen molar-refractivity contribution < 1.29 is 9.53 Å². The van der Waals surface area contributed by atoms with Crippen LogP contribution in [0, 0.1) is 5.92 Å². The van der Waals surface area contributed by atoms with Gasteiger partial charge < -0.3 is 15.0 Å². The van der Waals surface area contributed by atoms with Gasteiger partial charge in [0.05, 0.1) is 19.3 Å². The number of amides is 1. The van der Waals surface area contributed by atoms with Gasteiger partial charge in [-0.25, -0.2) is 0 Å². The lowest BCUT2D eigenvalue weighted by Gasteiger charge is -2.32. The molecule has 2 aliphatic heterocycles. The van der Waals surface area contributed by atoms with Gasteiger partial charge >= 0.3 is 0 Å². The molecule has 2 fully saturated rings. The van der Waals surface area contributed by atoms with Crippen molar-refractivity contribution in [3.05, 3.63) is 0 Å². The van der Waals surface area contributed by atoms with E-state index in [1.165, 1.54) is 0 Å². The molecule has 14 heavy (non-hydrogen) atoms. The van der Waals surface area contributed by atoms with Gasteiger partial charge in [0, 0.05) is 5.92 Å². The Hall–Kier alpha value is -0.610. The van der Waals surface area contributed by atoms with E-state index in [4.69, 9.17) is 4.74 Å². The lowest BCUT2D eigenvalue weighted by Crippen LogP contribution is -2.51. The van der Waals surface area contributed by atoms with Crippen molar-refractivity contribution in [3.8, 4) is 0 Å². The zero-order valence-electron chi connectivity index (χ0n) is 8.66. The molecule has 0 aliphatic carbocycles. The lowest BCUT2D eigenvalue weighted by molar-refractivity contribution is -0.130. The number of hydrogen-bond donors (Lipinski definition) is 1. The van der Waals surface area contributed by atoms with Crippen LogP contribution in [0.4, 0.5) is 0 Å². The van der Waals surface area contributed by atoms with Crippen LogP contribution in [0.1, 0.15) is 12.8 Å². The molecule has 0 spiro atoms. The summed E-state index contributed by atoms with van der Waals surface area (Å²) in [6.45, 7) is 3.47. The highest BCUT2D eigenvalue weighted by molar-refractivity contribution is 5.79. The van der Waals surface area contributed by atoms with E-state index in [-0.39, 0.29) is 17.9 Å². The Labute approximate surface area is 84.6 Å². The number of ether oxygens (including phenoxy) is 1. The summed E-state index contributed by atoms with van der Waals surface area (Å²) in [5, 5.41) is 3.02. The average molecular weight is 198 g/mol. The molecule has 2 rings (SSSR count). The van der Waals surface area contributed by atoms with Crippen molar-refractivity contribution in [1.82, 2.24) is 10.2 Å². The number of nitrogens with zero attached hydrogens (tertiary/aromatic N) is 1.